The van der Waals surface area contributed by atoms with Crippen LogP contribution in [0.15, 0.2) is 22.2 Å². The van der Waals surface area contributed by atoms with Crippen molar-refractivity contribution < 1.29 is 14.2 Å². The van der Waals surface area contributed by atoms with E-state index in [1.807, 2.05) is 18.4 Å². The smallest absolute Gasteiger partial charge is 0.270 e. The van der Waals surface area contributed by atoms with Gasteiger partial charge in [0.1, 0.15) is 6.04 Å². The van der Waals surface area contributed by atoms with Gasteiger partial charge in [-0.1, -0.05) is 17.1 Å². The highest BCUT2D eigenvalue weighted by Crippen LogP contribution is 2.25. The van der Waals surface area contributed by atoms with E-state index in [2.05, 4.69) is 16.7 Å². The Morgan fingerprint density at radius 2 is 2.00 bits per heavy atom. The van der Waals surface area contributed by atoms with Crippen molar-refractivity contribution in [2.75, 3.05) is 20.6 Å². The van der Waals surface area contributed by atoms with Crippen LogP contribution in [-0.2, 0) is 4.79 Å². The minimum atomic E-state index is -0.602. The van der Waals surface area contributed by atoms with Crippen molar-refractivity contribution in [1.29, 1.82) is 0 Å². The fraction of sp³-hybridized carbons (Fsp3) is 0.533. The van der Waals surface area contributed by atoms with Crippen molar-refractivity contribution in [2.45, 2.75) is 32.9 Å². The Morgan fingerprint density at radius 3 is 2.61 bits per heavy atom. The van der Waals surface area contributed by atoms with Crippen LogP contribution >= 0.6 is 0 Å². The van der Waals surface area contributed by atoms with E-state index in [1.54, 1.807) is 26.0 Å². The average Bonchev–Trinajstić information content (AvgIpc) is 2.88. The Morgan fingerprint density at radius 1 is 1.35 bits per heavy atom. The van der Waals surface area contributed by atoms with Crippen LogP contribution in [0.25, 0.3) is 0 Å². The molecule has 0 N–H and O–H groups in total. The molecule has 3 rings (SSSR count). The summed E-state index contributed by atoms with van der Waals surface area (Å²) in [7, 11) is 3.43. The Hall–Kier alpha value is -2.51. The van der Waals surface area contributed by atoms with Gasteiger partial charge in [0.2, 0.25) is 11.9 Å². The number of aliphatic imine (C=N–C) groups is 1. The lowest BCUT2D eigenvalue weighted by Gasteiger charge is -2.35. The number of carbonyl (C=O) groups is 2. The van der Waals surface area contributed by atoms with Crippen LogP contribution in [0.1, 0.15) is 20.8 Å². The fourth-order valence-electron chi connectivity index (χ4n) is 3.09. The molecular formula is C15H21N6O2+. The maximum atomic E-state index is 13.0. The zero-order valence-corrected chi connectivity index (χ0v) is 14.1. The van der Waals surface area contributed by atoms with Gasteiger partial charge < -0.3 is 0 Å². The lowest BCUT2D eigenvalue weighted by Crippen LogP contribution is -2.64. The van der Waals surface area contributed by atoms with E-state index in [1.165, 1.54) is 9.80 Å². The van der Waals surface area contributed by atoms with E-state index in [9.17, 15) is 9.59 Å². The predicted molar refractivity (Wildman–Crippen MR) is 86.5 cm³/mol. The van der Waals surface area contributed by atoms with Crippen molar-refractivity contribution in [1.82, 2.24) is 14.8 Å². The Bertz CT molecular complexity index is 719. The van der Waals surface area contributed by atoms with Crippen molar-refractivity contribution in [2.24, 2.45) is 10.1 Å². The molecule has 8 nitrogen and oxygen atoms in total. The molecule has 0 saturated carbocycles. The molecule has 0 aromatic carbocycles. The van der Waals surface area contributed by atoms with Crippen molar-refractivity contribution in [3.05, 3.63) is 12.2 Å². The van der Waals surface area contributed by atoms with Gasteiger partial charge in [0.05, 0.1) is 19.3 Å². The van der Waals surface area contributed by atoms with Gasteiger partial charge in [-0.2, -0.15) is 0 Å². The third kappa shape index (κ3) is 2.08. The molecule has 1 fully saturated rings. The lowest BCUT2D eigenvalue weighted by molar-refractivity contribution is -0.558. The molecule has 2 atom stereocenters. The van der Waals surface area contributed by atoms with Gasteiger partial charge in [-0.05, 0) is 20.8 Å². The number of carbonyl (C=O) groups excluding carboxylic acids is 2. The fourth-order valence-corrected chi connectivity index (χ4v) is 3.09. The quantitative estimate of drug-likeness (QED) is 0.544. The van der Waals surface area contributed by atoms with E-state index in [4.69, 9.17) is 0 Å². The molecule has 0 spiro atoms. The highest BCUT2D eigenvalue weighted by Gasteiger charge is 2.55. The Kier molecular flexibility index (Phi) is 3.35. The van der Waals surface area contributed by atoms with Crippen molar-refractivity contribution >= 4 is 29.4 Å². The number of rotatable bonds is 2. The summed E-state index contributed by atoms with van der Waals surface area (Å²) in [5, 5.41) is 6.07. The summed E-state index contributed by atoms with van der Waals surface area (Å²) in [6.45, 7) is 9.72. The zero-order chi connectivity index (χ0) is 17.0. The summed E-state index contributed by atoms with van der Waals surface area (Å²) in [6, 6.07) is -1.04. The molecule has 0 radical (unpaired) electrons. The van der Waals surface area contributed by atoms with Crippen LogP contribution in [-0.4, -0.2) is 81.6 Å². The van der Waals surface area contributed by atoms with E-state index in [-0.39, 0.29) is 24.5 Å². The zero-order valence-electron chi connectivity index (χ0n) is 14.1. The monoisotopic (exact) mass is 317 g/mol. The van der Waals surface area contributed by atoms with Crippen molar-refractivity contribution in [3.63, 3.8) is 0 Å². The number of hydrazone groups is 1. The van der Waals surface area contributed by atoms with Gasteiger partial charge in [-0.3, -0.25) is 14.6 Å². The molecule has 3 aliphatic rings. The first-order valence-electron chi connectivity index (χ1n) is 7.50. The molecule has 23 heavy (non-hydrogen) atoms. The Labute approximate surface area is 135 Å². The number of amides is 3. The first kappa shape index (κ1) is 15.4. The van der Waals surface area contributed by atoms with Gasteiger partial charge in [-0.25, -0.2) is 9.37 Å². The summed E-state index contributed by atoms with van der Waals surface area (Å²) in [4.78, 5) is 32.6. The van der Waals surface area contributed by atoms with Crippen molar-refractivity contribution in [3.8, 4) is 0 Å². The van der Waals surface area contributed by atoms with Gasteiger partial charge in [0.25, 0.3) is 5.91 Å². The number of fused-ring (bicyclic) bond motifs is 2. The van der Waals surface area contributed by atoms with Gasteiger partial charge in [0.15, 0.2) is 0 Å². The first-order valence-corrected chi connectivity index (χ1v) is 7.50. The summed E-state index contributed by atoms with van der Waals surface area (Å²) >= 11 is 0. The van der Waals surface area contributed by atoms with E-state index < -0.39 is 6.04 Å². The highest BCUT2D eigenvalue weighted by atomic mass is 16.2. The minimum absolute atomic E-state index is 0.0651. The van der Waals surface area contributed by atoms with Crippen LogP contribution in [0.5, 0.6) is 0 Å². The summed E-state index contributed by atoms with van der Waals surface area (Å²) in [5.74, 6) is 0.782. The Balaban J connectivity index is 2.06. The third-order valence-electron chi connectivity index (χ3n) is 4.38. The summed E-state index contributed by atoms with van der Waals surface area (Å²) in [5.41, 5.74) is 1.65. The molecule has 3 heterocycles. The molecule has 0 aromatic rings. The minimum Gasteiger partial charge on any atom is -0.270 e. The standard InChI is InChI=1S/C15H21N6O2/c1-8(2)7-20-13(22)11-12(18(5)15(20)23)16-14-19(6)17-9(3)10(4)21(11)14/h10-11H,1,7H2,2-6H3/q+1. The number of amidine groups is 1. The molecular weight excluding hydrogens is 296 g/mol. The van der Waals surface area contributed by atoms with Crippen LogP contribution < -0.4 is 0 Å². The van der Waals surface area contributed by atoms with Gasteiger partial charge in [-0.15, -0.1) is 10.1 Å². The van der Waals surface area contributed by atoms with Crippen LogP contribution in [0.2, 0.25) is 0 Å². The number of hydrogen-bond donors (Lipinski definition) is 0. The van der Waals surface area contributed by atoms with E-state index >= 15 is 0 Å². The SMILES string of the molecule is C=C(C)CN1C(=O)C2C(=NC3=[N+]2C(C)C(C)=NN3C)N(C)C1=O. The predicted octanol–water partition coefficient (Wildman–Crippen LogP) is 0.316. The van der Waals surface area contributed by atoms with Gasteiger partial charge >= 0.3 is 12.0 Å². The number of nitrogens with zero attached hydrogens (tertiary/aromatic N) is 6. The largest absolute Gasteiger partial charge is 0.416 e. The molecule has 2 unspecified atom stereocenters. The topological polar surface area (TPSA) is 71.6 Å². The molecule has 8 heteroatoms. The number of imide groups is 1. The second kappa shape index (κ2) is 5.00. The number of urea groups is 1. The van der Waals surface area contributed by atoms with E-state index in [0.717, 1.165) is 11.3 Å². The molecule has 0 bridgehead atoms. The number of guanidine groups is 1. The molecule has 122 valence electrons. The molecule has 1 saturated heterocycles. The number of hydrogen-bond acceptors (Lipinski definition) is 5. The van der Waals surface area contributed by atoms with Crippen LogP contribution in [0, 0.1) is 0 Å². The third-order valence-corrected chi connectivity index (χ3v) is 4.38. The first-order chi connectivity index (χ1) is 10.7. The maximum Gasteiger partial charge on any atom is 0.416 e. The lowest BCUT2D eigenvalue weighted by atomic mass is 10.1. The molecule has 0 aliphatic carbocycles. The summed E-state index contributed by atoms with van der Waals surface area (Å²) in [6.07, 6.45) is 0. The van der Waals surface area contributed by atoms with Crippen LogP contribution in [0.4, 0.5) is 4.79 Å². The summed E-state index contributed by atoms with van der Waals surface area (Å²) < 4.78 is 1.92. The molecule has 3 aliphatic heterocycles. The number of likely N-dealkylation sites (N-methyl/N-ethyl adjacent to an activating group) is 1. The normalized spacial score (nSPS) is 27.1. The van der Waals surface area contributed by atoms with E-state index in [0.29, 0.717) is 11.8 Å². The molecule has 3 amide bonds. The average molecular weight is 317 g/mol. The molecule has 0 aromatic heterocycles. The van der Waals surface area contributed by atoms with Gasteiger partial charge in [0, 0.05) is 7.05 Å². The maximum absolute atomic E-state index is 13.0. The van der Waals surface area contributed by atoms with Crippen LogP contribution in [0.3, 0.4) is 0 Å². The second-order valence-corrected chi connectivity index (χ2v) is 6.24. The highest BCUT2D eigenvalue weighted by molar-refractivity contribution is 6.23. The second-order valence-electron chi connectivity index (χ2n) is 6.24.